The molecule has 0 atom stereocenters. The highest BCUT2D eigenvalue weighted by Gasteiger charge is 2.29. The first-order valence-corrected chi connectivity index (χ1v) is 6.11. The van der Waals surface area contributed by atoms with Crippen molar-refractivity contribution in [2.24, 2.45) is 0 Å². The third-order valence-electron chi connectivity index (χ3n) is 2.20. The van der Waals surface area contributed by atoms with E-state index in [0.717, 1.165) is 0 Å². The second-order valence-corrected chi connectivity index (χ2v) is 4.26. The van der Waals surface area contributed by atoms with Gasteiger partial charge >= 0.3 is 12.4 Å². The fourth-order valence-electron chi connectivity index (χ4n) is 1.34. The Bertz CT molecular complexity index is 518. The molecule has 0 bridgehead atoms. The Balaban J connectivity index is 2.46. The third-order valence-corrected chi connectivity index (χ3v) is 2.20. The van der Waals surface area contributed by atoms with Crippen molar-refractivity contribution in [3.8, 4) is 5.88 Å². The van der Waals surface area contributed by atoms with Gasteiger partial charge in [0, 0.05) is 18.3 Å². The normalized spacial score (nSPS) is 12.1. The second-order valence-electron chi connectivity index (χ2n) is 4.26. The molecule has 5 nitrogen and oxygen atoms in total. The first kappa shape index (κ1) is 19.0. The number of ether oxygens (including phenoxy) is 2. The molecule has 0 aliphatic rings. The van der Waals surface area contributed by atoms with Crippen LogP contribution in [0.15, 0.2) is 18.3 Å². The lowest BCUT2D eigenvalue weighted by Gasteiger charge is -2.12. The smallest absolute Gasteiger partial charge is 0.422 e. The topological polar surface area (TPSA) is 60.5 Å². The predicted molar refractivity (Wildman–Crippen MR) is 64.5 cm³/mol. The minimum Gasteiger partial charge on any atom is -0.468 e. The summed E-state index contributed by atoms with van der Waals surface area (Å²) in [5.41, 5.74) is 0.140. The first-order valence-electron chi connectivity index (χ1n) is 6.11. The fraction of sp³-hybridized carbons (Fsp3) is 0.500. The van der Waals surface area contributed by atoms with Gasteiger partial charge in [-0.3, -0.25) is 4.79 Å². The van der Waals surface area contributed by atoms with Gasteiger partial charge in [-0.1, -0.05) is 6.07 Å². The van der Waals surface area contributed by atoms with Crippen molar-refractivity contribution in [2.75, 3.05) is 19.8 Å². The summed E-state index contributed by atoms with van der Waals surface area (Å²) in [4.78, 5) is 14.9. The minimum absolute atomic E-state index is 0.140. The van der Waals surface area contributed by atoms with Gasteiger partial charge in [-0.2, -0.15) is 26.3 Å². The van der Waals surface area contributed by atoms with E-state index in [2.05, 4.69) is 19.8 Å². The third kappa shape index (κ3) is 8.86. The predicted octanol–water partition coefficient (Wildman–Crippen LogP) is 2.22. The van der Waals surface area contributed by atoms with Crippen LogP contribution in [0.25, 0.3) is 0 Å². The summed E-state index contributed by atoms with van der Waals surface area (Å²) >= 11 is 0. The van der Waals surface area contributed by atoms with Gasteiger partial charge in [0.15, 0.2) is 6.61 Å². The maximum Gasteiger partial charge on any atom is 0.422 e. The number of rotatable bonds is 7. The summed E-state index contributed by atoms with van der Waals surface area (Å²) in [5.74, 6) is -1.19. The Morgan fingerprint density at radius 3 is 2.39 bits per heavy atom. The minimum atomic E-state index is -4.55. The SMILES string of the molecule is O=C(COCC(F)(F)F)NCc1cccnc1OCC(F)(F)F. The average Bonchev–Trinajstić information content (AvgIpc) is 2.41. The van der Waals surface area contributed by atoms with Crippen molar-refractivity contribution in [1.29, 1.82) is 0 Å². The van der Waals surface area contributed by atoms with Crippen LogP contribution < -0.4 is 10.1 Å². The van der Waals surface area contributed by atoms with E-state index in [1.165, 1.54) is 18.3 Å². The Labute approximate surface area is 126 Å². The fourth-order valence-corrected chi connectivity index (χ4v) is 1.34. The molecule has 0 aliphatic carbocycles. The number of amides is 1. The van der Waals surface area contributed by atoms with Gasteiger partial charge in [-0.15, -0.1) is 0 Å². The number of nitrogens with one attached hydrogen (secondary N) is 1. The largest absolute Gasteiger partial charge is 0.468 e. The van der Waals surface area contributed by atoms with Crippen LogP contribution in [0.3, 0.4) is 0 Å². The van der Waals surface area contributed by atoms with Gasteiger partial charge < -0.3 is 14.8 Å². The van der Waals surface area contributed by atoms with Crippen LogP contribution in [-0.2, 0) is 16.1 Å². The van der Waals surface area contributed by atoms with Crippen molar-refractivity contribution >= 4 is 5.91 Å². The van der Waals surface area contributed by atoms with Crippen LogP contribution in [0.4, 0.5) is 26.3 Å². The molecule has 1 amide bonds. The standard InChI is InChI=1S/C12H12F6N2O3/c13-11(14,15)6-22-5-9(21)20-4-8-2-1-3-19-10(8)23-7-12(16,17)18/h1-3H,4-7H2,(H,20,21). The van der Waals surface area contributed by atoms with Crippen LogP contribution in [0.5, 0.6) is 5.88 Å². The first-order chi connectivity index (χ1) is 10.6. The van der Waals surface area contributed by atoms with E-state index in [9.17, 15) is 31.1 Å². The van der Waals surface area contributed by atoms with Gasteiger partial charge in [0.1, 0.15) is 13.2 Å². The number of hydrogen-bond acceptors (Lipinski definition) is 4. The number of nitrogens with zero attached hydrogens (tertiary/aromatic N) is 1. The van der Waals surface area contributed by atoms with E-state index in [1.807, 2.05) is 0 Å². The summed E-state index contributed by atoms with van der Waals surface area (Å²) < 4.78 is 80.4. The highest BCUT2D eigenvalue weighted by molar-refractivity contribution is 5.77. The lowest BCUT2D eigenvalue weighted by Crippen LogP contribution is -2.29. The highest BCUT2D eigenvalue weighted by Crippen LogP contribution is 2.19. The number of halogens is 6. The van der Waals surface area contributed by atoms with E-state index < -0.39 is 38.1 Å². The average molecular weight is 346 g/mol. The second kappa shape index (κ2) is 7.99. The molecule has 0 saturated heterocycles. The van der Waals surface area contributed by atoms with Gasteiger partial charge in [0.25, 0.3) is 0 Å². The number of hydrogen-bond donors (Lipinski definition) is 1. The van der Waals surface area contributed by atoms with Crippen LogP contribution >= 0.6 is 0 Å². The van der Waals surface area contributed by atoms with Crippen LogP contribution in [0.2, 0.25) is 0 Å². The zero-order valence-electron chi connectivity index (χ0n) is 11.5. The van der Waals surface area contributed by atoms with Gasteiger partial charge in [-0.05, 0) is 6.07 Å². The molecule has 0 aromatic carbocycles. The van der Waals surface area contributed by atoms with Crippen LogP contribution in [0, 0.1) is 0 Å². The van der Waals surface area contributed by atoms with Crippen molar-refractivity contribution in [3.05, 3.63) is 23.9 Å². The lowest BCUT2D eigenvalue weighted by molar-refractivity contribution is -0.175. The molecule has 1 N–H and O–H groups in total. The molecular weight excluding hydrogens is 334 g/mol. The lowest BCUT2D eigenvalue weighted by atomic mass is 10.2. The molecule has 1 heterocycles. The van der Waals surface area contributed by atoms with Crippen molar-refractivity contribution in [3.63, 3.8) is 0 Å². The molecule has 11 heteroatoms. The van der Waals surface area contributed by atoms with E-state index in [4.69, 9.17) is 0 Å². The summed E-state index contributed by atoms with van der Waals surface area (Å²) in [6.45, 7) is -4.24. The maximum absolute atomic E-state index is 12.1. The molecule has 1 rings (SSSR count). The van der Waals surface area contributed by atoms with Crippen LogP contribution in [0.1, 0.15) is 5.56 Å². The van der Waals surface area contributed by atoms with E-state index in [0.29, 0.717) is 0 Å². The molecule has 130 valence electrons. The highest BCUT2D eigenvalue weighted by atomic mass is 19.4. The summed E-state index contributed by atoms with van der Waals surface area (Å²) in [6, 6.07) is 2.76. The molecule has 0 unspecified atom stereocenters. The Morgan fingerprint density at radius 2 is 1.78 bits per heavy atom. The van der Waals surface area contributed by atoms with E-state index >= 15 is 0 Å². The Hall–Kier alpha value is -2.04. The van der Waals surface area contributed by atoms with E-state index in [-0.39, 0.29) is 18.0 Å². The molecule has 0 spiro atoms. The quantitative estimate of drug-likeness (QED) is 0.769. The number of aromatic nitrogens is 1. The monoisotopic (exact) mass is 346 g/mol. The number of carbonyl (C=O) groups is 1. The number of pyridine rings is 1. The van der Waals surface area contributed by atoms with Crippen molar-refractivity contribution in [2.45, 2.75) is 18.9 Å². The molecule has 0 radical (unpaired) electrons. The number of alkyl halides is 6. The van der Waals surface area contributed by atoms with Gasteiger partial charge in [0.05, 0.1) is 0 Å². The summed E-state index contributed by atoms with van der Waals surface area (Å²) in [7, 11) is 0. The molecular formula is C12H12F6N2O3. The Morgan fingerprint density at radius 1 is 1.13 bits per heavy atom. The summed E-state index contributed by atoms with van der Waals surface area (Å²) in [6.07, 6.45) is -7.91. The van der Waals surface area contributed by atoms with Gasteiger partial charge in [0.2, 0.25) is 11.8 Å². The summed E-state index contributed by atoms with van der Waals surface area (Å²) in [5, 5.41) is 2.19. The van der Waals surface area contributed by atoms with E-state index in [1.54, 1.807) is 0 Å². The molecule has 23 heavy (non-hydrogen) atoms. The molecule has 0 aliphatic heterocycles. The van der Waals surface area contributed by atoms with Crippen molar-refractivity contribution in [1.82, 2.24) is 10.3 Å². The molecule has 1 aromatic heterocycles. The van der Waals surface area contributed by atoms with Crippen molar-refractivity contribution < 1.29 is 40.6 Å². The van der Waals surface area contributed by atoms with Gasteiger partial charge in [-0.25, -0.2) is 4.98 Å². The molecule has 1 aromatic rings. The zero-order chi connectivity index (χ0) is 17.5. The maximum atomic E-state index is 12.1. The Kier molecular flexibility index (Phi) is 6.61. The number of carbonyl (C=O) groups excluding carboxylic acids is 1. The zero-order valence-corrected chi connectivity index (χ0v) is 11.5. The van der Waals surface area contributed by atoms with Crippen LogP contribution in [-0.4, -0.2) is 43.1 Å². The molecule has 0 fully saturated rings. The molecule has 0 saturated carbocycles.